The van der Waals surface area contributed by atoms with E-state index in [1.165, 1.54) is 24.0 Å². The first-order chi connectivity index (χ1) is 9.23. The SMILES string of the molecule is CCC(CC)(CO)CNCc1cccc(C2CC2)c1. The molecule has 0 saturated heterocycles. The van der Waals surface area contributed by atoms with Crippen LogP contribution in [-0.2, 0) is 6.54 Å². The molecule has 1 aromatic carbocycles. The monoisotopic (exact) mass is 261 g/mol. The number of benzene rings is 1. The van der Waals surface area contributed by atoms with Crippen LogP contribution in [0.1, 0.15) is 56.6 Å². The zero-order valence-corrected chi connectivity index (χ0v) is 12.3. The first kappa shape index (κ1) is 14.5. The molecule has 0 spiro atoms. The number of aliphatic hydroxyl groups is 1. The lowest BCUT2D eigenvalue weighted by Crippen LogP contribution is -2.36. The molecule has 0 bridgehead atoms. The van der Waals surface area contributed by atoms with Crippen molar-refractivity contribution < 1.29 is 5.11 Å². The lowest BCUT2D eigenvalue weighted by molar-refractivity contribution is 0.113. The minimum Gasteiger partial charge on any atom is -0.396 e. The zero-order chi connectivity index (χ0) is 13.7. The molecule has 1 aliphatic carbocycles. The Morgan fingerprint density at radius 1 is 1.26 bits per heavy atom. The second-order valence-corrected chi connectivity index (χ2v) is 5.99. The minimum atomic E-state index is 0.0497. The van der Waals surface area contributed by atoms with Crippen molar-refractivity contribution in [2.45, 2.75) is 52.0 Å². The molecule has 1 fully saturated rings. The van der Waals surface area contributed by atoms with Crippen molar-refractivity contribution in [1.29, 1.82) is 0 Å². The highest BCUT2D eigenvalue weighted by Gasteiger charge is 2.25. The molecule has 0 unspecified atom stereocenters. The van der Waals surface area contributed by atoms with Gasteiger partial charge in [0.05, 0.1) is 0 Å². The fraction of sp³-hybridized carbons (Fsp3) is 0.647. The molecule has 1 saturated carbocycles. The third-order valence-electron chi connectivity index (χ3n) is 4.66. The zero-order valence-electron chi connectivity index (χ0n) is 12.3. The molecule has 2 heteroatoms. The molecule has 2 rings (SSSR count). The van der Waals surface area contributed by atoms with Gasteiger partial charge in [0, 0.05) is 25.1 Å². The van der Waals surface area contributed by atoms with E-state index in [4.69, 9.17) is 0 Å². The lowest BCUT2D eigenvalue weighted by Gasteiger charge is -2.29. The quantitative estimate of drug-likeness (QED) is 0.751. The lowest BCUT2D eigenvalue weighted by atomic mass is 9.83. The van der Waals surface area contributed by atoms with E-state index in [0.717, 1.165) is 31.8 Å². The number of nitrogens with one attached hydrogen (secondary N) is 1. The van der Waals surface area contributed by atoms with Crippen molar-refractivity contribution in [3.63, 3.8) is 0 Å². The van der Waals surface area contributed by atoms with E-state index >= 15 is 0 Å². The van der Waals surface area contributed by atoms with Crippen LogP contribution in [-0.4, -0.2) is 18.3 Å². The summed E-state index contributed by atoms with van der Waals surface area (Å²) in [6.45, 7) is 6.39. The van der Waals surface area contributed by atoms with E-state index in [1.807, 2.05) is 0 Å². The summed E-state index contributed by atoms with van der Waals surface area (Å²) in [5.41, 5.74) is 2.91. The highest BCUT2D eigenvalue weighted by Crippen LogP contribution is 2.40. The van der Waals surface area contributed by atoms with Crippen LogP contribution in [0.2, 0.25) is 0 Å². The van der Waals surface area contributed by atoms with Gasteiger partial charge in [-0.25, -0.2) is 0 Å². The van der Waals surface area contributed by atoms with E-state index in [1.54, 1.807) is 0 Å². The Kier molecular flexibility index (Phi) is 5.00. The van der Waals surface area contributed by atoms with Crippen LogP contribution in [0, 0.1) is 5.41 Å². The number of hydrogen-bond acceptors (Lipinski definition) is 2. The summed E-state index contributed by atoms with van der Waals surface area (Å²) in [4.78, 5) is 0. The Morgan fingerprint density at radius 3 is 2.58 bits per heavy atom. The Bertz CT molecular complexity index is 386. The van der Waals surface area contributed by atoms with Crippen molar-refractivity contribution in [2.24, 2.45) is 5.41 Å². The largest absolute Gasteiger partial charge is 0.396 e. The first-order valence-corrected chi connectivity index (χ1v) is 7.63. The van der Waals surface area contributed by atoms with Crippen molar-refractivity contribution in [3.05, 3.63) is 35.4 Å². The summed E-state index contributed by atoms with van der Waals surface area (Å²) in [5, 5.41) is 13.1. The van der Waals surface area contributed by atoms with Gasteiger partial charge in [-0.2, -0.15) is 0 Å². The molecule has 1 aliphatic rings. The Hall–Kier alpha value is -0.860. The van der Waals surface area contributed by atoms with E-state index < -0.39 is 0 Å². The maximum Gasteiger partial charge on any atom is 0.0499 e. The molecule has 2 N–H and O–H groups in total. The standard InChI is InChI=1S/C17H27NO/c1-3-17(4-2,13-19)12-18-11-14-6-5-7-16(10-14)15-8-9-15/h5-7,10,15,18-19H,3-4,8-9,11-13H2,1-2H3. The molecule has 106 valence electrons. The Morgan fingerprint density at radius 2 is 2.00 bits per heavy atom. The predicted molar refractivity (Wildman–Crippen MR) is 80.2 cm³/mol. The summed E-state index contributed by atoms with van der Waals surface area (Å²) in [6.07, 6.45) is 4.76. The van der Waals surface area contributed by atoms with Crippen molar-refractivity contribution >= 4 is 0 Å². The third-order valence-corrected chi connectivity index (χ3v) is 4.66. The van der Waals surface area contributed by atoms with E-state index in [9.17, 15) is 5.11 Å². The van der Waals surface area contributed by atoms with Crippen LogP contribution in [0.3, 0.4) is 0 Å². The molecule has 19 heavy (non-hydrogen) atoms. The van der Waals surface area contributed by atoms with Gasteiger partial charge in [0.2, 0.25) is 0 Å². The van der Waals surface area contributed by atoms with Crippen molar-refractivity contribution in [1.82, 2.24) is 5.32 Å². The van der Waals surface area contributed by atoms with E-state index in [0.29, 0.717) is 0 Å². The predicted octanol–water partition coefficient (Wildman–Crippen LogP) is 3.45. The smallest absolute Gasteiger partial charge is 0.0499 e. The summed E-state index contributed by atoms with van der Waals surface area (Å²) in [6, 6.07) is 8.95. The Balaban J connectivity index is 1.86. The molecule has 1 aromatic rings. The normalized spacial score (nSPS) is 15.7. The fourth-order valence-electron chi connectivity index (χ4n) is 2.63. The van der Waals surface area contributed by atoms with E-state index in [2.05, 4.69) is 43.4 Å². The first-order valence-electron chi connectivity index (χ1n) is 7.63. The molecule has 0 aliphatic heterocycles. The van der Waals surface area contributed by atoms with Gasteiger partial charge in [-0.15, -0.1) is 0 Å². The molecule has 0 heterocycles. The van der Waals surface area contributed by atoms with Gasteiger partial charge in [-0.1, -0.05) is 38.1 Å². The average Bonchev–Trinajstić information content (AvgIpc) is 3.29. The van der Waals surface area contributed by atoms with Gasteiger partial charge in [-0.05, 0) is 42.7 Å². The van der Waals surface area contributed by atoms with Crippen LogP contribution >= 0.6 is 0 Å². The van der Waals surface area contributed by atoms with Crippen LogP contribution in [0.5, 0.6) is 0 Å². The van der Waals surface area contributed by atoms with Crippen molar-refractivity contribution in [2.75, 3.05) is 13.2 Å². The highest BCUT2D eigenvalue weighted by molar-refractivity contribution is 5.29. The van der Waals surface area contributed by atoms with Gasteiger partial charge in [0.25, 0.3) is 0 Å². The second-order valence-electron chi connectivity index (χ2n) is 5.99. The summed E-state index contributed by atoms with van der Waals surface area (Å²) < 4.78 is 0. The molecular formula is C17H27NO. The maximum atomic E-state index is 9.56. The molecule has 0 atom stereocenters. The van der Waals surface area contributed by atoms with E-state index in [-0.39, 0.29) is 12.0 Å². The molecular weight excluding hydrogens is 234 g/mol. The van der Waals surface area contributed by atoms with Crippen LogP contribution < -0.4 is 5.32 Å². The van der Waals surface area contributed by atoms with Crippen LogP contribution in [0.4, 0.5) is 0 Å². The minimum absolute atomic E-state index is 0.0497. The van der Waals surface area contributed by atoms with Crippen LogP contribution in [0.15, 0.2) is 24.3 Å². The van der Waals surface area contributed by atoms with Gasteiger partial charge in [0.15, 0.2) is 0 Å². The van der Waals surface area contributed by atoms with Crippen LogP contribution in [0.25, 0.3) is 0 Å². The maximum absolute atomic E-state index is 9.56. The Labute approximate surface area is 117 Å². The number of aliphatic hydroxyl groups excluding tert-OH is 1. The van der Waals surface area contributed by atoms with Gasteiger partial charge >= 0.3 is 0 Å². The molecule has 0 aromatic heterocycles. The molecule has 0 radical (unpaired) electrons. The highest BCUT2D eigenvalue weighted by atomic mass is 16.3. The summed E-state index contributed by atoms with van der Waals surface area (Å²) in [7, 11) is 0. The number of hydrogen-bond donors (Lipinski definition) is 2. The van der Waals surface area contributed by atoms with Gasteiger partial charge in [-0.3, -0.25) is 0 Å². The average molecular weight is 261 g/mol. The topological polar surface area (TPSA) is 32.3 Å². The molecule has 0 amide bonds. The summed E-state index contributed by atoms with van der Waals surface area (Å²) >= 11 is 0. The van der Waals surface area contributed by atoms with Gasteiger partial charge in [0.1, 0.15) is 0 Å². The fourth-order valence-corrected chi connectivity index (χ4v) is 2.63. The third kappa shape index (κ3) is 3.80. The van der Waals surface area contributed by atoms with Gasteiger partial charge < -0.3 is 10.4 Å². The second kappa shape index (κ2) is 6.53. The summed E-state index contributed by atoms with van der Waals surface area (Å²) in [5.74, 6) is 0.822. The number of rotatable bonds is 8. The van der Waals surface area contributed by atoms with Crippen molar-refractivity contribution in [3.8, 4) is 0 Å². The molecule has 2 nitrogen and oxygen atoms in total.